The summed E-state index contributed by atoms with van der Waals surface area (Å²) in [5, 5.41) is 9.86. The van der Waals surface area contributed by atoms with Crippen molar-refractivity contribution in [3.63, 3.8) is 0 Å². The Kier molecular flexibility index (Phi) is 9.34. The minimum absolute atomic E-state index is 0.0313. The Bertz CT molecular complexity index is 456. The van der Waals surface area contributed by atoms with Gasteiger partial charge in [0.25, 0.3) is 0 Å². The molecule has 0 spiro atoms. The molecule has 0 radical (unpaired) electrons. The number of carbonyl (C=O) groups is 2. The minimum Gasteiger partial charge on any atom is -0.466 e. The maximum absolute atomic E-state index is 11.5. The van der Waals surface area contributed by atoms with Gasteiger partial charge in [-0.2, -0.15) is 0 Å². The van der Waals surface area contributed by atoms with E-state index in [1.807, 2.05) is 19.1 Å². The fraction of sp³-hybridized carbons (Fsp3) is 0.667. The summed E-state index contributed by atoms with van der Waals surface area (Å²) in [4.78, 5) is 22.3. The van der Waals surface area contributed by atoms with Gasteiger partial charge in [0.2, 0.25) is 0 Å². The molecular weight excluding hydrogens is 312 g/mol. The van der Waals surface area contributed by atoms with Crippen LogP contribution < -0.4 is 0 Å². The Hall–Kier alpha value is -1.66. The molecule has 6 nitrogen and oxygen atoms in total. The van der Waals surface area contributed by atoms with Gasteiger partial charge in [-0.05, 0) is 33.1 Å². The topological polar surface area (TPSA) is 82.1 Å². The first-order valence-electron chi connectivity index (χ1n) is 8.43. The van der Waals surface area contributed by atoms with Gasteiger partial charge in [0, 0.05) is 6.92 Å². The number of rotatable bonds is 9. The van der Waals surface area contributed by atoms with Gasteiger partial charge >= 0.3 is 11.9 Å². The molecule has 0 amide bonds. The Morgan fingerprint density at radius 1 is 1.38 bits per heavy atom. The van der Waals surface area contributed by atoms with Gasteiger partial charge in [-0.3, -0.25) is 9.59 Å². The molecule has 0 saturated heterocycles. The van der Waals surface area contributed by atoms with E-state index in [4.69, 9.17) is 14.2 Å². The van der Waals surface area contributed by atoms with Crippen LogP contribution in [0.15, 0.2) is 24.3 Å². The maximum atomic E-state index is 11.5. The molecule has 0 aliphatic carbocycles. The summed E-state index contributed by atoms with van der Waals surface area (Å²) in [5.74, 6) is -0.635. The highest BCUT2D eigenvalue weighted by Crippen LogP contribution is 2.18. The van der Waals surface area contributed by atoms with Crippen LogP contribution in [0.5, 0.6) is 0 Å². The molecule has 0 saturated carbocycles. The molecule has 0 unspecified atom stereocenters. The molecule has 6 heteroatoms. The SMILES string of the molecule is CCOC(=O)C[C@@H]1O[C@@H](/C=C/CCC[C@H](C)OC(C)=O)C=C[C@H]1O. The summed E-state index contributed by atoms with van der Waals surface area (Å²) >= 11 is 0. The molecule has 0 bridgehead atoms. The fourth-order valence-electron chi connectivity index (χ4n) is 2.43. The van der Waals surface area contributed by atoms with Crippen LogP contribution in [0.25, 0.3) is 0 Å². The number of aliphatic hydroxyl groups is 1. The number of allylic oxidation sites excluding steroid dienone is 1. The van der Waals surface area contributed by atoms with Crippen molar-refractivity contribution in [3.05, 3.63) is 24.3 Å². The third-order valence-corrected chi connectivity index (χ3v) is 3.56. The molecule has 1 aliphatic rings. The second-order valence-corrected chi connectivity index (χ2v) is 5.80. The second kappa shape index (κ2) is 11.0. The normalized spacial score (nSPS) is 24.8. The number of aliphatic hydroxyl groups excluding tert-OH is 1. The lowest BCUT2D eigenvalue weighted by molar-refractivity contribution is -0.149. The molecule has 24 heavy (non-hydrogen) atoms. The summed E-state index contributed by atoms with van der Waals surface area (Å²) in [7, 11) is 0. The van der Waals surface area contributed by atoms with Gasteiger partial charge in [0.05, 0.1) is 37.4 Å². The summed E-state index contributed by atoms with van der Waals surface area (Å²) < 4.78 is 15.6. The van der Waals surface area contributed by atoms with Gasteiger partial charge in [0.15, 0.2) is 0 Å². The van der Waals surface area contributed by atoms with Crippen LogP contribution >= 0.6 is 0 Å². The maximum Gasteiger partial charge on any atom is 0.308 e. The van der Waals surface area contributed by atoms with E-state index in [0.717, 1.165) is 19.3 Å². The Labute approximate surface area is 143 Å². The number of ether oxygens (including phenoxy) is 3. The summed E-state index contributed by atoms with van der Waals surface area (Å²) in [6.07, 6.45) is 8.14. The van der Waals surface area contributed by atoms with Crippen LogP contribution in [-0.2, 0) is 23.8 Å². The van der Waals surface area contributed by atoms with Crippen molar-refractivity contribution in [2.24, 2.45) is 0 Å². The number of hydrogen-bond acceptors (Lipinski definition) is 6. The van der Waals surface area contributed by atoms with Crippen molar-refractivity contribution in [2.75, 3.05) is 6.61 Å². The van der Waals surface area contributed by atoms with E-state index >= 15 is 0 Å². The largest absolute Gasteiger partial charge is 0.466 e. The zero-order chi connectivity index (χ0) is 17.9. The molecule has 1 heterocycles. The average Bonchev–Trinajstić information content (AvgIpc) is 2.49. The lowest BCUT2D eigenvalue weighted by Gasteiger charge is -2.27. The van der Waals surface area contributed by atoms with Gasteiger partial charge in [-0.15, -0.1) is 0 Å². The highest BCUT2D eigenvalue weighted by Gasteiger charge is 2.27. The average molecular weight is 340 g/mol. The smallest absolute Gasteiger partial charge is 0.308 e. The van der Waals surface area contributed by atoms with Crippen molar-refractivity contribution in [1.29, 1.82) is 0 Å². The van der Waals surface area contributed by atoms with E-state index in [1.165, 1.54) is 6.92 Å². The number of carbonyl (C=O) groups excluding carboxylic acids is 2. The van der Waals surface area contributed by atoms with Gasteiger partial charge in [-0.25, -0.2) is 0 Å². The predicted molar refractivity (Wildman–Crippen MR) is 89.3 cm³/mol. The van der Waals surface area contributed by atoms with E-state index in [0.29, 0.717) is 6.61 Å². The zero-order valence-electron chi connectivity index (χ0n) is 14.6. The molecule has 0 aromatic heterocycles. The van der Waals surface area contributed by atoms with E-state index < -0.39 is 12.2 Å². The lowest BCUT2D eigenvalue weighted by atomic mass is 10.0. The van der Waals surface area contributed by atoms with Crippen LogP contribution in [-0.4, -0.2) is 48.1 Å². The highest BCUT2D eigenvalue weighted by atomic mass is 16.5. The molecule has 4 atom stereocenters. The molecule has 1 rings (SSSR count). The van der Waals surface area contributed by atoms with Gasteiger partial charge in [0.1, 0.15) is 0 Å². The molecule has 0 aromatic carbocycles. The minimum atomic E-state index is -0.802. The van der Waals surface area contributed by atoms with Crippen molar-refractivity contribution < 1.29 is 28.9 Å². The van der Waals surface area contributed by atoms with Crippen LogP contribution in [0.1, 0.15) is 46.5 Å². The monoisotopic (exact) mass is 340 g/mol. The van der Waals surface area contributed by atoms with Crippen LogP contribution in [0.2, 0.25) is 0 Å². The third-order valence-electron chi connectivity index (χ3n) is 3.56. The Morgan fingerprint density at radius 3 is 2.79 bits per heavy atom. The Balaban J connectivity index is 2.33. The quantitative estimate of drug-likeness (QED) is 0.394. The zero-order valence-corrected chi connectivity index (χ0v) is 14.6. The second-order valence-electron chi connectivity index (χ2n) is 5.80. The number of unbranched alkanes of at least 4 members (excludes halogenated alkanes) is 1. The Morgan fingerprint density at radius 2 is 2.12 bits per heavy atom. The van der Waals surface area contributed by atoms with Crippen molar-refractivity contribution >= 4 is 11.9 Å². The van der Waals surface area contributed by atoms with Gasteiger partial charge < -0.3 is 19.3 Å². The van der Waals surface area contributed by atoms with Crippen molar-refractivity contribution in [1.82, 2.24) is 0 Å². The van der Waals surface area contributed by atoms with Crippen molar-refractivity contribution in [3.8, 4) is 0 Å². The summed E-state index contributed by atoms with van der Waals surface area (Å²) in [6, 6.07) is 0. The predicted octanol–water partition coefficient (Wildman–Crippen LogP) is 2.30. The molecule has 0 fully saturated rings. The molecule has 1 aliphatic heterocycles. The number of hydrogen-bond donors (Lipinski definition) is 1. The van der Waals surface area contributed by atoms with Crippen LogP contribution in [0.4, 0.5) is 0 Å². The fourth-order valence-corrected chi connectivity index (χ4v) is 2.43. The van der Waals surface area contributed by atoms with E-state index in [-0.39, 0.29) is 30.6 Å². The number of esters is 2. The third kappa shape index (κ3) is 8.26. The first-order valence-corrected chi connectivity index (χ1v) is 8.43. The highest BCUT2D eigenvalue weighted by molar-refractivity contribution is 5.70. The van der Waals surface area contributed by atoms with Crippen LogP contribution in [0.3, 0.4) is 0 Å². The molecule has 1 N–H and O–H groups in total. The molecule has 0 aromatic rings. The molecule has 136 valence electrons. The molecular formula is C18H28O6. The van der Waals surface area contributed by atoms with E-state index in [2.05, 4.69) is 0 Å². The van der Waals surface area contributed by atoms with E-state index in [9.17, 15) is 14.7 Å². The first-order chi connectivity index (χ1) is 11.4. The summed E-state index contributed by atoms with van der Waals surface area (Å²) in [6.45, 7) is 5.33. The van der Waals surface area contributed by atoms with Crippen LogP contribution in [0, 0.1) is 0 Å². The standard InChI is InChI=1S/C18H28O6/c1-4-22-18(21)12-17-16(20)11-10-15(24-17)9-7-5-6-8-13(2)23-14(3)19/h7,9-11,13,15-17,20H,4-6,8,12H2,1-3H3/b9-7+/t13-,15-,16+,17-/m0/s1. The van der Waals surface area contributed by atoms with E-state index in [1.54, 1.807) is 19.1 Å². The lowest BCUT2D eigenvalue weighted by Crippen LogP contribution is -2.36. The summed E-state index contributed by atoms with van der Waals surface area (Å²) in [5.41, 5.74) is 0. The van der Waals surface area contributed by atoms with Crippen molar-refractivity contribution in [2.45, 2.75) is 70.9 Å². The first kappa shape index (κ1) is 20.4. The van der Waals surface area contributed by atoms with Gasteiger partial charge in [-0.1, -0.05) is 24.3 Å².